The molecule has 1 rings (SSSR count). The Kier molecular flexibility index (Phi) is 10.0. The molecule has 0 unspecified atom stereocenters. The fourth-order valence-corrected chi connectivity index (χ4v) is 3.31. The first-order chi connectivity index (χ1) is 11.8. The van der Waals surface area contributed by atoms with Gasteiger partial charge in [0.25, 0.3) is 0 Å². The van der Waals surface area contributed by atoms with Crippen LogP contribution < -0.4 is 0 Å². The van der Waals surface area contributed by atoms with E-state index in [4.69, 9.17) is 33.0 Å². The second-order valence-electron chi connectivity index (χ2n) is 6.59. The number of rotatable bonds is 9. The highest BCUT2D eigenvalue weighted by atomic mass is 35.5. The van der Waals surface area contributed by atoms with E-state index < -0.39 is 0 Å². The molecule has 0 aliphatic rings. The summed E-state index contributed by atoms with van der Waals surface area (Å²) in [5, 5.41) is 9.78. The smallest absolute Gasteiger partial charge is 0.410 e. The normalized spacial score (nSPS) is 11.4. The Morgan fingerprint density at radius 2 is 2.00 bits per heavy atom. The molecule has 7 heteroatoms. The number of hydrogen-bond acceptors (Lipinski definition) is 4. The summed E-state index contributed by atoms with van der Waals surface area (Å²) in [6.45, 7) is 6.98. The second-order valence-corrected chi connectivity index (χ2v) is 8.60. The van der Waals surface area contributed by atoms with Gasteiger partial charge in [0.05, 0.1) is 23.3 Å². The summed E-state index contributed by atoms with van der Waals surface area (Å²) in [6.07, 6.45) is 1.06. The van der Waals surface area contributed by atoms with Gasteiger partial charge in [-0.1, -0.05) is 35.3 Å². The summed E-state index contributed by atoms with van der Waals surface area (Å²) in [6, 6.07) is 5.52. The van der Waals surface area contributed by atoms with Crippen molar-refractivity contribution in [3.8, 4) is 0 Å². The van der Waals surface area contributed by atoms with Crippen molar-refractivity contribution in [1.82, 2.24) is 4.90 Å². The van der Waals surface area contributed by atoms with E-state index in [1.807, 2.05) is 32.9 Å². The molecular weight excluding hydrogens is 381 g/mol. The maximum Gasteiger partial charge on any atom is 0.410 e. The van der Waals surface area contributed by atoms with Crippen LogP contribution in [0.1, 0.15) is 32.8 Å². The summed E-state index contributed by atoms with van der Waals surface area (Å²) in [5.41, 5.74) is 0.560. The fraction of sp³-hybridized carbons (Fsp3) is 0.611. The van der Waals surface area contributed by atoms with Crippen LogP contribution in [0.3, 0.4) is 0 Å². The summed E-state index contributed by atoms with van der Waals surface area (Å²) >= 11 is 13.9. The van der Waals surface area contributed by atoms with Crippen LogP contribution in [0.15, 0.2) is 18.2 Å². The van der Waals surface area contributed by atoms with Gasteiger partial charge in [0.2, 0.25) is 0 Å². The predicted octanol–water partition coefficient (Wildman–Crippen LogP) is 4.89. The molecule has 0 aliphatic heterocycles. The highest BCUT2D eigenvalue weighted by Crippen LogP contribution is 2.26. The number of amides is 1. The van der Waals surface area contributed by atoms with Gasteiger partial charge in [0.1, 0.15) is 0 Å². The number of aliphatic hydroxyl groups is 1. The number of thioether (sulfide) groups is 1. The average Bonchev–Trinajstić information content (AvgIpc) is 2.53. The highest BCUT2D eigenvalue weighted by molar-refractivity contribution is 7.99. The number of nitrogens with zero attached hydrogens (tertiary/aromatic N) is 1. The van der Waals surface area contributed by atoms with E-state index in [1.165, 1.54) is 0 Å². The van der Waals surface area contributed by atoms with E-state index >= 15 is 0 Å². The third kappa shape index (κ3) is 8.07. The van der Waals surface area contributed by atoms with Crippen molar-refractivity contribution in [2.24, 2.45) is 0 Å². The van der Waals surface area contributed by atoms with Crippen LogP contribution in [0.5, 0.6) is 0 Å². The van der Waals surface area contributed by atoms with Crippen LogP contribution >= 0.6 is 35.0 Å². The molecule has 142 valence electrons. The predicted molar refractivity (Wildman–Crippen MR) is 107 cm³/mol. The van der Waals surface area contributed by atoms with Crippen molar-refractivity contribution < 1.29 is 14.6 Å². The number of halogens is 2. The quantitative estimate of drug-likeness (QED) is 0.591. The van der Waals surface area contributed by atoms with E-state index in [1.54, 1.807) is 22.7 Å². The molecule has 0 aliphatic carbocycles. The number of benzene rings is 1. The van der Waals surface area contributed by atoms with Crippen LogP contribution in [0, 0.1) is 0 Å². The van der Waals surface area contributed by atoms with Gasteiger partial charge >= 0.3 is 6.09 Å². The molecule has 0 saturated heterocycles. The van der Waals surface area contributed by atoms with Crippen molar-refractivity contribution in [2.75, 3.05) is 31.3 Å². The molecule has 0 spiro atoms. The van der Waals surface area contributed by atoms with E-state index in [-0.39, 0.29) is 18.2 Å². The Hall–Kier alpha value is -0.620. The molecule has 4 nitrogen and oxygen atoms in total. The lowest BCUT2D eigenvalue weighted by atomic mass is 10.0. The number of hydrogen-bond donors (Lipinski definition) is 1. The van der Waals surface area contributed by atoms with Gasteiger partial charge < -0.3 is 14.7 Å². The van der Waals surface area contributed by atoms with Crippen molar-refractivity contribution in [1.29, 1.82) is 0 Å². The maximum atomic E-state index is 12.4. The van der Waals surface area contributed by atoms with Crippen molar-refractivity contribution in [3.63, 3.8) is 0 Å². The lowest BCUT2D eigenvalue weighted by Crippen LogP contribution is -2.47. The summed E-state index contributed by atoms with van der Waals surface area (Å²) in [5.74, 6) is 1.57. The minimum Gasteiger partial charge on any atom is -0.449 e. The average molecular weight is 408 g/mol. The third-order valence-electron chi connectivity index (χ3n) is 3.56. The van der Waals surface area contributed by atoms with Crippen LogP contribution in [0.4, 0.5) is 4.79 Å². The summed E-state index contributed by atoms with van der Waals surface area (Å²) in [4.78, 5) is 14.2. The van der Waals surface area contributed by atoms with Gasteiger partial charge in [-0.25, -0.2) is 4.79 Å². The molecule has 0 radical (unpaired) electrons. The Balaban J connectivity index is 2.56. The van der Waals surface area contributed by atoms with Gasteiger partial charge in [0.15, 0.2) is 0 Å². The Morgan fingerprint density at radius 1 is 1.28 bits per heavy atom. The second kappa shape index (κ2) is 11.2. The minimum atomic E-state index is -0.353. The molecule has 1 aromatic rings. The van der Waals surface area contributed by atoms with Crippen molar-refractivity contribution in [3.05, 3.63) is 33.8 Å². The topological polar surface area (TPSA) is 49.8 Å². The van der Waals surface area contributed by atoms with Crippen LogP contribution in [0.2, 0.25) is 10.0 Å². The van der Waals surface area contributed by atoms with E-state index in [0.717, 1.165) is 17.7 Å². The Bertz CT molecular complexity index is 550. The minimum absolute atomic E-state index is 0.175. The first-order valence-electron chi connectivity index (χ1n) is 8.33. The highest BCUT2D eigenvalue weighted by Gasteiger charge is 2.27. The van der Waals surface area contributed by atoms with E-state index in [0.29, 0.717) is 35.4 Å². The number of aliphatic hydroxyl groups excluding tert-OH is 1. The number of ether oxygens (including phenoxy) is 1. The Labute approximate surface area is 164 Å². The maximum absolute atomic E-state index is 12.4. The van der Waals surface area contributed by atoms with Gasteiger partial charge in [-0.3, -0.25) is 0 Å². The van der Waals surface area contributed by atoms with Crippen molar-refractivity contribution >= 4 is 41.1 Å². The molecule has 0 heterocycles. The molecule has 0 saturated carbocycles. The first-order valence-corrected chi connectivity index (χ1v) is 10.2. The monoisotopic (exact) mass is 407 g/mol. The van der Waals surface area contributed by atoms with Gasteiger partial charge in [-0.05, 0) is 51.0 Å². The SMILES string of the molecule is CC(C)(C)N(CCc1cccc(Cl)c1Cl)C(=O)OCCCSCCO. The molecule has 0 bridgehead atoms. The molecule has 25 heavy (non-hydrogen) atoms. The largest absolute Gasteiger partial charge is 0.449 e. The fourth-order valence-electron chi connectivity index (χ4n) is 2.24. The first kappa shape index (κ1) is 22.4. The summed E-state index contributed by atoms with van der Waals surface area (Å²) in [7, 11) is 0. The van der Waals surface area contributed by atoms with Crippen LogP contribution in [-0.2, 0) is 11.2 Å². The molecule has 1 aromatic carbocycles. The van der Waals surface area contributed by atoms with E-state index in [2.05, 4.69) is 0 Å². The van der Waals surface area contributed by atoms with Gasteiger partial charge in [-0.2, -0.15) is 11.8 Å². The lowest BCUT2D eigenvalue weighted by molar-refractivity contribution is 0.0686. The van der Waals surface area contributed by atoms with Crippen molar-refractivity contribution in [2.45, 2.75) is 39.2 Å². The molecular formula is C18H27Cl2NO3S. The zero-order valence-corrected chi connectivity index (χ0v) is 17.4. The van der Waals surface area contributed by atoms with Gasteiger partial charge in [0, 0.05) is 17.8 Å². The zero-order valence-electron chi connectivity index (χ0n) is 15.1. The molecule has 1 N–H and O–H groups in total. The van der Waals surface area contributed by atoms with Crippen LogP contribution in [-0.4, -0.2) is 52.9 Å². The van der Waals surface area contributed by atoms with E-state index in [9.17, 15) is 4.79 Å². The lowest BCUT2D eigenvalue weighted by Gasteiger charge is -2.35. The standard InChI is InChI=1S/C18H27Cl2NO3S/c1-18(2,3)21(17(23)24-11-5-12-25-13-10-22)9-8-14-6-4-7-15(19)16(14)20/h4,6-7,22H,5,8-13H2,1-3H3. The number of carbonyl (C=O) groups excluding carboxylic acids is 1. The zero-order chi connectivity index (χ0) is 18.9. The van der Waals surface area contributed by atoms with Crippen LogP contribution in [0.25, 0.3) is 0 Å². The molecule has 0 atom stereocenters. The Morgan fingerprint density at radius 3 is 2.64 bits per heavy atom. The third-order valence-corrected chi connectivity index (χ3v) is 5.47. The molecule has 1 amide bonds. The molecule has 0 fully saturated rings. The van der Waals surface area contributed by atoms with Gasteiger partial charge in [-0.15, -0.1) is 0 Å². The molecule has 0 aromatic heterocycles. The summed E-state index contributed by atoms with van der Waals surface area (Å²) < 4.78 is 5.41. The number of carbonyl (C=O) groups is 1.